The number of nitrogens with one attached hydrogen (secondary N) is 1. The summed E-state index contributed by atoms with van der Waals surface area (Å²) < 4.78 is 0. The number of piperazine rings is 1. The molecule has 3 rings (SSSR count). The summed E-state index contributed by atoms with van der Waals surface area (Å²) in [7, 11) is 3.98. The van der Waals surface area contributed by atoms with Crippen LogP contribution in [0.15, 0.2) is 42.7 Å². The number of carbonyl (C=O) groups excluding carboxylic acids is 1. The molecule has 0 spiro atoms. The van der Waals surface area contributed by atoms with Crippen LogP contribution in [-0.2, 0) is 0 Å². The molecule has 1 aromatic heterocycles. The highest BCUT2D eigenvalue weighted by atomic mass is 16.1. The Morgan fingerprint density at radius 2 is 1.78 bits per heavy atom. The average Bonchev–Trinajstić information content (AvgIpc) is 2.68. The lowest BCUT2D eigenvalue weighted by Gasteiger charge is -2.37. The lowest BCUT2D eigenvalue weighted by atomic mass is 10.1. The minimum absolute atomic E-state index is 0.0652. The van der Waals surface area contributed by atoms with Crippen molar-refractivity contribution in [3.8, 4) is 0 Å². The van der Waals surface area contributed by atoms with Gasteiger partial charge in [-0.3, -0.25) is 9.78 Å². The van der Waals surface area contributed by atoms with E-state index in [4.69, 9.17) is 0 Å². The van der Waals surface area contributed by atoms with Crippen LogP contribution in [0.2, 0.25) is 0 Å². The second kappa shape index (κ2) is 8.86. The second-order valence-corrected chi connectivity index (χ2v) is 7.30. The Bertz CT molecular complexity index is 769. The summed E-state index contributed by atoms with van der Waals surface area (Å²) in [4.78, 5) is 23.4. The zero-order valence-electron chi connectivity index (χ0n) is 16.5. The first-order valence-electron chi connectivity index (χ1n) is 9.47. The summed E-state index contributed by atoms with van der Waals surface area (Å²) in [6.45, 7) is 7.33. The van der Waals surface area contributed by atoms with Crippen LogP contribution in [0.25, 0.3) is 0 Å². The van der Waals surface area contributed by atoms with Crippen molar-refractivity contribution in [2.45, 2.75) is 6.92 Å². The van der Waals surface area contributed by atoms with Crippen molar-refractivity contribution in [2.24, 2.45) is 0 Å². The number of aryl methyl sites for hydroxylation is 1. The highest BCUT2D eigenvalue weighted by molar-refractivity contribution is 5.94. The molecule has 1 saturated heterocycles. The molecular weight excluding hydrogens is 338 g/mol. The number of aromatic nitrogens is 1. The van der Waals surface area contributed by atoms with E-state index in [1.807, 2.05) is 31.3 Å². The van der Waals surface area contributed by atoms with Crippen LogP contribution >= 0.6 is 0 Å². The van der Waals surface area contributed by atoms with Gasteiger partial charge in [-0.2, -0.15) is 0 Å². The lowest BCUT2D eigenvalue weighted by molar-refractivity contribution is 0.0950. The van der Waals surface area contributed by atoms with E-state index >= 15 is 0 Å². The molecule has 1 amide bonds. The summed E-state index contributed by atoms with van der Waals surface area (Å²) in [5, 5.41) is 2.95. The van der Waals surface area contributed by atoms with Gasteiger partial charge in [-0.15, -0.1) is 0 Å². The van der Waals surface area contributed by atoms with E-state index < -0.39 is 0 Å². The van der Waals surface area contributed by atoms with Crippen molar-refractivity contribution >= 4 is 17.3 Å². The van der Waals surface area contributed by atoms with E-state index in [1.54, 1.807) is 6.20 Å². The topological polar surface area (TPSA) is 51.7 Å². The van der Waals surface area contributed by atoms with E-state index in [0.717, 1.165) is 38.4 Å². The van der Waals surface area contributed by atoms with Crippen molar-refractivity contribution in [1.29, 1.82) is 0 Å². The van der Waals surface area contributed by atoms with Gasteiger partial charge in [0, 0.05) is 51.2 Å². The number of pyridine rings is 1. The number of amides is 1. The van der Waals surface area contributed by atoms with Crippen molar-refractivity contribution in [3.05, 3.63) is 53.9 Å². The third kappa shape index (κ3) is 5.20. The van der Waals surface area contributed by atoms with Crippen LogP contribution in [0.1, 0.15) is 15.9 Å². The Morgan fingerprint density at radius 3 is 2.44 bits per heavy atom. The molecule has 1 aliphatic heterocycles. The number of rotatable bonds is 6. The Labute approximate surface area is 161 Å². The summed E-state index contributed by atoms with van der Waals surface area (Å²) >= 11 is 0. The van der Waals surface area contributed by atoms with Gasteiger partial charge < -0.3 is 20.0 Å². The Kier molecular flexibility index (Phi) is 6.29. The van der Waals surface area contributed by atoms with Crippen LogP contribution in [-0.4, -0.2) is 69.2 Å². The highest BCUT2D eigenvalue weighted by Crippen LogP contribution is 2.21. The van der Waals surface area contributed by atoms with Gasteiger partial charge in [0.25, 0.3) is 5.91 Å². The van der Waals surface area contributed by atoms with Gasteiger partial charge >= 0.3 is 0 Å². The molecule has 2 aromatic rings. The molecule has 0 radical (unpaired) electrons. The number of hydrogen-bond donors (Lipinski definition) is 1. The van der Waals surface area contributed by atoms with Gasteiger partial charge in [-0.05, 0) is 44.8 Å². The molecule has 1 N–H and O–H groups in total. The zero-order chi connectivity index (χ0) is 19.2. The van der Waals surface area contributed by atoms with E-state index in [0.29, 0.717) is 12.1 Å². The predicted octanol–water partition coefficient (Wildman–Crippen LogP) is 2.01. The number of anilines is 2. The van der Waals surface area contributed by atoms with E-state index in [-0.39, 0.29) is 5.91 Å². The Morgan fingerprint density at radius 1 is 1.07 bits per heavy atom. The molecule has 1 aromatic carbocycles. The summed E-state index contributed by atoms with van der Waals surface area (Å²) in [5.74, 6) is -0.0652. The molecule has 0 saturated carbocycles. The van der Waals surface area contributed by atoms with E-state index in [2.05, 4.69) is 51.3 Å². The van der Waals surface area contributed by atoms with Crippen LogP contribution in [0.5, 0.6) is 0 Å². The minimum atomic E-state index is -0.0652. The molecule has 1 aliphatic rings. The first kappa shape index (κ1) is 19.2. The molecule has 144 valence electrons. The Hall–Kier alpha value is -2.60. The third-order valence-electron chi connectivity index (χ3n) is 4.84. The molecule has 6 nitrogen and oxygen atoms in total. The van der Waals surface area contributed by atoms with Crippen molar-refractivity contribution < 1.29 is 4.79 Å². The van der Waals surface area contributed by atoms with Gasteiger partial charge in [0.2, 0.25) is 0 Å². The monoisotopic (exact) mass is 367 g/mol. The van der Waals surface area contributed by atoms with Gasteiger partial charge in [0.05, 0.1) is 17.4 Å². The van der Waals surface area contributed by atoms with Crippen molar-refractivity contribution in [1.82, 2.24) is 15.2 Å². The predicted molar refractivity (Wildman–Crippen MR) is 111 cm³/mol. The Balaban J connectivity index is 1.59. The molecule has 0 atom stereocenters. The van der Waals surface area contributed by atoms with Crippen molar-refractivity contribution in [2.75, 3.05) is 63.2 Å². The fraction of sp³-hybridized carbons (Fsp3) is 0.429. The fourth-order valence-corrected chi connectivity index (χ4v) is 3.27. The first-order valence-corrected chi connectivity index (χ1v) is 9.47. The van der Waals surface area contributed by atoms with E-state index in [1.165, 1.54) is 11.3 Å². The molecule has 0 unspecified atom stereocenters. The number of carbonyl (C=O) groups is 1. The summed E-state index contributed by atoms with van der Waals surface area (Å²) in [6, 6.07) is 10.6. The first-order chi connectivity index (χ1) is 13.0. The SMILES string of the molecule is Cc1cccc(N2CCN(c3cncc(C(=O)NCCN(C)C)c3)CC2)c1. The smallest absolute Gasteiger partial charge is 0.252 e. The van der Waals surface area contributed by atoms with Crippen LogP contribution < -0.4 is 15.1 Å². The third-order valence-corrected chi connectivity index (χ3v) is 4.84. The molecule has 6 heteroatoms. The standard InChI is InChI=1S/C21H29N5O/c1-17-5-4-6-19(13-17)25-9-11-26(12-10-25)20-14-18(15-22-16-20)21(27)23-7-8-24(2)3/h4-6,13-16H,7-12H2,1-3H3,(H,23,27). The van der Waals surface area contributed by atoms with Crippen molar-refractivity contribution in [3.63, 3.8) is 0 Å². The summed E-state index contributed by atoms with van der Waals surface area (Å²) in [6.07, 6.45) is 3.48. The molecule has 1 fully saturated rings. The maximum absolute atomic E-state index is 12.3. The summed E-state index contributed by atoms with van der Waals surface area (Å²) in [5.41, 5.74) is 4.19. The largest absolute Gasteiger partial charge is 0.368 e. The van der Waals surface area contributed by atoms with E-state index in [9.17, 15) is 4.79 Å². The van der Waals surface area contributed by atoms with Gasteiger partial charge in [0.1, 0.15) is 0 Å². The number of likely N-dealkylation sites (N-methyl/N-ethyl adjacent to an activating group) is 1. The van der Waals surface area contributed by atoms with Crippen LogP contribution in [0, 0.1) is 6.92 Å². The normalized spacial score (nSPS) is 14.5. The average molecular weight is 367 g/mol. The van der Waals surface area contributed by atoms with Crippen LogP contribution in [0.4, 0.5) is 11.4 Å². The maximum atomic E-state index is 12.3. The van der Waals surface area contributed by atoms with Gasteiger partial charge in [-0.25, -0.2) is 0 Å². The highest BCUT2D eigenvalue weighted by Gasteiger charge is 2.19. The number of hydrogen-bond acceptors (Lipinski definition) is 5. The molecule has 0 bridgehead atoms. The number of benzene rings is 1. The van der Waals surface area contributed by atoms with Gasteiger partial charge in [-0.1, -0.05) is 12.1 Å². The van der Waals surface area contributed by atoms with Gasteiger partial charge in [0.15, 0.2) is 0 Å². The number of nitrogens with zero attached hydrogens (tertiary/aromatic N) is 4. The molecule has 27 heavy (non-hydrogen) atoms. The second-order valence-electron chi connectivity index (χ2n) is 7.30. The minimum Gasteiger partial charge on any atom is -0.368 e. The van der Waals surface area contributed by atoms with Crippen LogP contribution in [0.3, 0.4) is 0 Å². The molecule has 0 aliphatic carbocycles. The maximum Gasteiger partial charge on any atom is 0.252 e. The molecule has 2 heterocycles. The zero-order valence-corrected chi connectivity index (χ0v) is 16.5. The molecular formula is C21H29N5O. The lowest BCUT2D eigenvalue weighted by Crippen LogP contribution is -2.46. The quantitative estimate of drug-likeness (QED) is 0.846. The fourth-order valence-electron chi connectivity index (χ4n) is 3.27.